The summed E-state index contributed by atoms with van der Waals surface area (Å²) in [7, 11) is -5.04. The first-order valence-electron chi connectivity index (χ1n) is 12.3. The minimum Gasteiger partial charge on any atom is -0.745 e. The van der Waals surface area contributed by atoms with Crippen molar-refractivity contribution in [2.75, 3.05) is 0 Å². The summed E-state index contributed by atoms with van der Waals surface area (Å²) in [6.07, 6.45) is 0. The molecule has 0 bridgehead atoms. The maximum absolute atomic E-state index is 14.1. The van der Waals surface area contributed by atoms with Crippen LogP contribution < -0.4 is 0 Å². The zero-order chi connectivity index (χ0) is 29.1. The Morgan fingerprint density at radius 1 is 0.610 bits per heavy atom. The number of halogens is 3. The van der Waals surface area contributed by atoms with Crippen molar-refractivity contribution in [1.29, 1.82) is 0 Å². The van der Waals surface area contributed by atoms with Crippen molar-refractivity contribution in [2.45, 2.75) is 5.44 Å². The number of hydrogen-bond acceptors (Lipinski definition) is 5. The fourth-order valence-electron chi connectivity index (χ4n) is 4.45. The SMILES string of the molecule is O=C(OC(c1ccccc1)S(=O)(=O)[O-])c1c(-c2ccc(I)cc2)cc(-c2ccc(I)cc2)cc1-c1ccc(I)cc1. The van der Waals surface area contributed by atoms with Crippen LogP contribution in [0, 0.1) is 10.7 Å². The van der Waals surface area contributed by atoms with Crippen molar-refractivity contribution in [3.05, 3.63) is 137 Å². The Labute approximate surface area is 279 Å². The summed E-state index contributed by atoms with van der Waals surface area (Å²) in [5.41, 5.74) is 2.70. The smallest absolute Gasteiger partial charge is 0.340 e. The van der Waals surface area contributed by atoms with Gasteiger partial charge >= 0.3 is 5.97 Å². The molecule has 0 aliphatic rings. The van der Waals surface area contributed by atoms with E-state index in [9.17, 15) is 17.8 Å². The van der Waals surface area contributed by atoms with Gasteiger partial charge in [-0.2, -0.15) is 0 Å². The van der Waals surface area contributed by atoms with Gasteiger partial charge in [0, 0.05) is 16.3 Å². The Balaban J connectivity index is 1.77. The van der Waals surface area contributed by atoms with Gasteiger partial charge in [0.1, 0.15) is 10.1 Å². The first-order chi connectivity index (χ1) is 19.6. The van der Waals surface area contributed by atoms with Gasteiger partial charge in [-0.05, 0) is 150 Å². The van der Waals surface area contributed by atoms with Crippen molar-refractivity contribution >= 4 is 83.9 Å². The number of carbonyl (C=O) groups excluding carboxylic acids is 1. The van der Waals surface area contributed by atoms with E-state index in [1.807, 2.05) is 84.9 Å². The van der Waals surface area contributed by atoms with Crippen LogP contribution in [0.3, 0.4) is 0 Å². The second-order valence-corrected chi connectivity index (χ2v) is 14.3. The summed E-state index contributed by atoms with van der Waals surface area (Å²) in [5.74, 6) is -0.908. The quantitative estimate of drug-likeness (QED) is 0.0927. The number of hydrogen-bond donors (Lipinski definition) is 0. The highest BCUT2D eigenvalue weighted by atomic mass is 127. The first kappa shape index (κ1) is 30.1. The molecule has 0 radical (unpaired) electrons. The van der Waals surface area contributed by atoms with Crippen LogP contribution in [-0.4, -0.2) is 18.9 Å². The molecule has 41 heavy (non-hydrogen) atoms. The second-order valence-electron chi connectivity index (χ2n) is 9.11. The van der Waals surface area contributed by atoms with Gasteiger partial charge < -0.3 is 9.29 Å². The van der Waals surface area contributed by atoms with Gasteiger partial charge in [0.2, 0.25) is 5.44 Å². The standard InChI is InChI=1S/C32H21I3O5S/c33-25-12-6-20(7-13-25)24-18-28(21-8-14-26(34)15-9-21)30(29(19-24)22-10-16-27(35)17-11-22)31(36)40-32(41(37,38)39)23-4-2-1-3-5-23/h1-19,32H,(H,37,38,39)/p-1. The lowest BCUT2D eigenvalue weighted by Crippen LogP contribution is -2.21. The number of benzene rings is 5. The molecule has 0 aromatic heterocycles. The third-order valence-corrected chi connectivity index (χ3v) is 9.43. The molecule has 0 spiro atoms. The van der Waals surface area contributed by atoms with Crippen LogP contribution in [0.1, 0.15) is 21.4 Å². The lowest BCUT2D eigenvalue weighted by Gasteiger charge is -2.23. The second kappa shape index (κ2) is 12.9. The van der Waals surface area contributed by atoms with Gasteiger partial charge in [-0.1, -0.05) is 66.7 Å². The molecular weight excluding hydrogens is 877 g/mol. The summed E-state index contributed by atoms with van der Waals surface area (Å²) in [6.45, 7) is 0. The molecule has 5 aromatic carbocycles. The molecule has 0 aliphatic heterocycles. The van der Waals surface area contributed by atoms with Crippen molar-refractivity contribution < 1.29 is 22.5 Å². The number of rotatable bonds is 7. The van der Waals surface area contributed by atoms with Gasteiger partial charge in [-0.3, -0.25) is 0 Å². The zero-order valence-corrected chi connectivity index (χ0v) is 28.4. The number of carbonyl (C=O) groups is 1. The maximum Gasteiger partial charge on any atom is 0.340 e. The molecule has 0 saturated carbocycles. The predicted molar refractivity (Wildman–Crippen MR) is 185 cm³/mol. The molecule has 1 unspecified atom stereocenters. The van der Waals surface area contributed by atoms with Gasteiger partial charge in [0.25, 0.3) is 0 Å². The molecule has 0 heterocycles. The summed E-state index contributed by atoms with van der Waals surface area (Å²) in [4.78, 5) is 14.1. The largest absolute Gasteiger partial charge is 0.745 e. The molecule has 9 heteroatoms. The zero-order valence-electron chi connectivity index (χ0n) is 21.1. The first-order valence-corrected chi connectivity index (χ1v) is 17.0. The van der Waals surface area contributed by atoms with E-state index < -0.39 is 21.5 Å². The third-order valence-electron chi connectivity index (χ3n) is 6.38. The molecular formula is C32H20I3O5S-. The highest BCUT2D eigenvalue weighted by Gasteiger charge is 2.28. The van der Waals surface area contributed by atoms with E-state index in [1.165, 1.54) is 12.1 Å². The Morgan fingerprint density at radius 2 is 1.02 bits per heavy atom. The fourth-order valence-corrected chi connectivity index (χ4v) is 6.22. The molecule has 0 aliphatic carbocycles. The summed E-state index contributed by atoms with van der Waals surface area (Å²) in [6, 6.07) is 35.0. The van der Waals surface area contributed by atoms with Crippen LogP contribution in [0.2, 0.25) is 0 Å². The van der Waals surface area contributed by atoms with E-state index in [1.54, 1.807) is 18.2 Å². The predicted octanol–water partition coefficient (Wildman–Crippen LogP) is 8.90. The van der Waals surface area contributed by atoms with E-state index in [0.29, 0.717) is 11.1 Å². The van der Waals surface area contributed by atoms with E-state index in [0.717, 1.165) is 33.0 Å². The van der Waals surface area contributed by atoms with Gasteiger partial charge in [-0.25, -0.2) is 13.2 Å². The molecule has 0 saturated heterocycles. The van der Waals surface area contributed by atoms with E-state index in [2.05, 4.69) is 67.8 Å². The molecule has 206 valence electrons. The number of esters is 1. The van der Waals surface area contributed by atoms with Crippen LogP contribution in [0.4, 0.5) is 0 Å². The van der Waals surface area contributed by atoms with Crippen LogP contribution in [0.25, 0.3) is 33.4 Å². The lowest BCUT2D eigenvalue weighted by molar-refractivity contribution is 0.0428. The summed E-state index contributed by atoms with van der Waals surface area (Å²) >= 11 is 6.68. The van der Waals surface area contributed by atoms with Crippen molar-refractivity contribution in [3.8, 4) is 33.4 Å². The van der Waals surface area contributed by atoms with Gasteiger partial charge in [-0.15, -0.1) is 0 Å². The Hall–Kier alpha value is -2.33. The van der Waals surface area contributed by atoms with E-state index in [-0.39, 0.29) is 11.1 Å². The monoisotopic (exact) mass is 897 g/mol. The van der Waals surface area contributed by atoms with Crippen LogP contribution in [0.15, 0.2) is 115 Å². The minimum absolute atomic E-state index is 0.0815. The van der Waals surface area contributed by atoms with Crippen LogP contribution >= 0.6 is 67.8 Å². The molecule has 0 fully saturated rings. The molecule has 0 N–H and O–H groups in total. The van der Waals surface area contributed by atoms with E-state index >= 15 is 0 Å². The maximum atomic E-state index is 14.1. The summed E-state index contributed by atoms with van der Waals surface area (Å²) in [5, 5.41) is 0. The molecule has 0 amide bonds. The molecule has 5 nitrogen and oxygen atoms in total. The summed E-state index contributed by atoms with van der Waals surface area (Å²) < 4.78 is 45.6. The average Bonchev–Trinajstić information content (AvgIpc) is 2.96. The van der Waals surface area contributed by atoms with Crippen LogP contribution in [0.5, 0.6) is 0 Å². The molecule has 5 aromatic rings. The van der Waals surface area contributed by atoms with Crippen molar-refractivity contribution in [2.24, 2.45) is 0 Å². The van der Waals surface area contributed by atoms with Crippen LogP contribution in [-0.2, 0) is 14.9 Å². The Kier molecular flexibility index (Phi) is 9.48. The van der Waals surface area contributed by atoms with Crippen molar-refractivity contribution in [1.82, 2.24) is 0 Å². The number of ether oxygens (including phenoxy) is 1. The Bertz CT molecular complexity index is 1740. The molecule has 5 rings (SSSR count). The van der Waals surface area contributed by atoms with Crippen molar-refractivity contribution in [3.63, 3.8) is 0 Å². The lowest BCUT2D eigenvalue weighted by atomic mass is 9.88. The highest BCUT2D eigenvalue weighted by molar-refractivity contribution is 14.1. The highest BCUT2D eigenvalue weighted by Crippen LogP contribution is 2.39. The topological polar surface area (TPSA) is 83.5 Å². The average molecular weight is 897 g/mol. The van der Waals surface area contributed by atoms with E-state index in [4.69, 9.17) is 4.74 Å². The Morgan fingerprint density at radius 3 is 1.44 bits per heavy atom. The van der Waals surface area contributed by atoms with Gasteiger partial charge in [0.15, 0.2) is 0 Å². The fraction of sp³-hybridized carbons (Fsp3) is 0.0312. The normalized spacial score (nSPS) is 12.1. The molecule has 1 atom stereocenters. The van der Waals surface area contributed by atoms with Gasteiger partial charge in [0.05, 0.1) is 5.56 Å². The third kappa shape index (κ3) is 7.19. The minimum atomic E-state index is -5.04.